The lowest BCUT2D eigenvalue weighted by molar-refractivity contribution is 0.102. The zero-order valence-electron chi connectivity index (χ0n) is 13.2. The smallest absolute Gasteiger partial charge is 0.259 e. The molecule has 0 aliphatic heterocycles. The molecule has 1 amide bonds. The zero-order chi connectivity index (χ0) is 17.6. The van der Waals surface area contributed by atoms with Crippen LogP contribution in [0, 0.1) is 5.82 Å². The van der Waals surface area contributed by atoms with Crippen LogP contribution in [0.3, 0.4) is 0 Å². The van der Waals surface area contributed by atoms with Crippen molar-refractivity contribution in [1.29, 1.82) is 0 Å². The average Bonchev–Trinajstić information content (AvgIpc) is 2.63. The summed E-state index contributed by atoms with van der Waals surface area (Å²) >= 11 is 5.86. The molecule has 0 aromatic heterocycles. The van der Waals surface area contributed by atoms with Gasteiger partial charge in [0.25, 0.3) is 5.91 Å². The number of nitrogens with one attached hydrogen (secondary N) is 1. The van der Waals surface area contributed by atoms with Crippen molar-refractivity contribution in [3.05, 3.63) is 94.8 Å². The van der Waals surface area contributed by atoms with Crippen LogP contribution in [-0.4, -0.2) is 5.91 Å². The molecule has 0 bridgehead atoms. The van der Waals surface area contributed by atoms with Crippen LogP contribution in [0.15, 0.2) is 72.8 Å². The first-order valence-corrected chi connectivity index (χ1v) is 8.03. The molecule has 3 rings (SSSR count). The SMILES string of the molecule is O=C(Nc1ccccc1F)c1ccccc1OCc1ccc(Cl)cc1. The Labute approximate surface area is 150 Å². The number of carbonyl (C=O) groups is 1. The molecule has 3 aromatic carbocycles. The molecule has 3 aromatic rings. The minimum atomic E-state index is -0.490. The lowest BCUT2D eigenvalue weighted by atomic mass is 10.1. The van der Waals surface area contributed by atoms with E-state index in [-0.39, 0.29) is 5.69 Å². The summed E-state index contributed by atoms with van der Waals surface area (Å²) in [6.45, 7) is 0.293. The van der Waals surface area contributed by atoms with Gasteiger partial charge in [-0.15, -0.1) is 0 Å². The Morgan fingerprint density at radius 2 is 1.64 bits per heavy atom. The van der Waals surface area contributed by atoms with Gasteiger partial charge < -0.3 is 10.1 Å². The minimum absolute atomic E-state index is 0.125. The Morgan fingerprint density at radius 3 is 2.40 bits per heavy atom. The Morgan fingerprint density at radius 1 is 0.960 bits per heavy atom. The third-order valence-electron chi connectivity index (χ3n) is 3.56. The molecule has 3 nitrogen and oxygen atoms in total. The van der Waals surface area contributed by atoms with Gasteiger partial charge >= 0.3 is 0 Å². The number of halogens is 2. The second kappa shape index (κ2) is 7.81. The molecule has 0 atom stereocenters. The molecule has 0 saturated heterocycles. The highest BCUT2D eigenvalue weighted by atomic mass is 35.5. The van der Waals surface area contributed by atoms with Gasteiger partial charge in [-0.05, 0) is 42.0 Å². The fraction of sp³-hybridized carbons (Fsp3) is 0.0500. The van der Waals surface area contributed by atoms with Gasteiger partial charge in [0.2, 0.25) is 0 Å². The van der Waals surface area contributed by atoms with Crippen LogP contribution in [0.25, 0.3) is 0 Å². The van der Waals surface area contributed by atoms with Crippen LogP contribution in [0.5, 0.6) is 5.75 Å². The first-order valence-electron chi connectivity index (χ1n) is 7.65. The van der Waals surface area contributed by atoms with E-state index in [0.29, 0.717) is 22.9 Å². The number of anilines is 1. The van der Waals surface area contributed by atoms with Gasteiger partial charge in [-0.2, -0.15) is 0 Å². The molecule has 0 aliphatic carbocycles. The molecular formula is C20H15ClFNO2. The fourth-order valence-electron chi connectivity index (χ4n) is 2.27. The van der Waals surface area contributed by atoms with E-state index in [0.717, 1.165) is 5.56 Å². The summed E-state index contributed by atoms with van der Waals surface area (Å²) in [4.78, 5) is 12.5. The van der Waals surface area contributed by atoms with Crippen LogP contribution in [0.2, 0.25) is 5.02 Å². The van der Waals surface area contributed by atoms with E-state index in [9.17, 15) is 9.18 Å². The molecule has 5 heteroatoms. The van der Waals surface area contributed by atoms with E-state index in [1.165, 1.54) is 12.1 Å². The summed E-state index contributed by atoms with van der Waals surface area (Å²) in [6.07, 6.45) is 0. The number of hydrogen-bond donors (Lipinski definition) is 1. The summed E-state index contributed by atoms with van der Waals surface area (Å²) in [5.74, 6) is -0.501. The molecule has 1 N–H and O–H groups in total. The molecule has 25 heavy (non-hydrogen) atoms. The van der Waals surface area contributed by atoms with Gasteiger partial charge in [0.1, 0.15) is 18.2 Å². The molecule has 0 unspecified atom stereocenters. The van der Waals surface area contributed by atoms with E-state index in [1.807, 2.05) is 12.1 Å². The van der Waals surface area contributed by atoms with E-state index in [1.54, 1.807) is 48.5 Å². The number of carbonyl (C=O) groups excluding carboxylic acids is 1. The molecule has 0 aliphatic rings. The highest BCUT2D eigenvalue weighted by Crippen LogP contribution is 2.22. The number of para-hydroxylation sites is 2. The van der Waals surface area contributed by atoms with Crippen molar-refractivity contribution in [1.82, 2.24) is 0 Å². The summed E-state index contributed by atoms with van der Waals surface area (Å²) < 4.78 is 19.5. The topological polar surface area (TPSA) is 38.3 Å². The zero-order valence-corrected chi connectivity index (χ0v) is 14.0. The summed E-state index contributed by atoms with van der Waals surface area (Å²) in [7, 11) is 0. The maximum atomic E-state index is 13.7. The number of amides is 1. The Bertz CT molecular complexity index is 881. The lowest BCUT2D eigenvalue weighted by Crippen LogP contribution is -2.14. The molecule has 0 fully saturated rings. The van der Waals surface area contributed by atoms with Crippen molar-refractivity contribution in [2.45, 2.75) is 6.61 Å². The van der Waals surface area contributed by atoms with Gasteiger partial charge in [0, 0.05) is 5.02 Å². The highest BCUT2D eigenvalue weighted by Gasteiger charge is 2.14. The summed E-state index contributed by atoms with van der Waals surface area (Å²) in [5.41, 5.74) is 1.38. The first-order chi connectivity index (χ1) is 12.1. The van der Waals surface area contributed by atoms with Crippen molar-refractivity contribution in [2.24, 2.45) is 0 Å². The normalized spacial score (nSPS) is 10.3. The number of benzene rings is 3. The summed E-state index contributed by atoms with van der Waals surface area (Å²) in [5, 5.41) is 3.21. The van der Waals surface area contributed by atoms with Crippen LogP contribution < -0.4 is 10.1 Å². The fourth-order valence-corrected chi connectivity index (χ4v) is 2.40. The standard InChI is InChI=1S/C20H15ClFNO2/c21-15-11-9-14(10-12-15)13-25-19-8-4-1-5-16(19)20(24)23-18-7-3-2-6-17(18)22/h1-12H,13H2,(H,23,24). The number of rotatable bonds is 5. The molecule has 126 valence electrons. The molecule has 0 saturated carbocycles. The monoisotopic (exact) mass is 355 g/mol. The first kappa shape index (κ1) is 17.0. The Hall–Kier alpha value is -2.85. The quantitative estimate of drug-likeness (QED) is 0.673. The molecule has 0 heterocycles. The second-order valence-electron chi connectivity index (χ2n) is 5.35. The van der Waals surface area contributed by atoms with E-state index < -0.39 is 11.7 Å². The third-order valence-corrected chi connectivity index (χ3v) is 3.81. The van der Waals surface area contributed by atoms with Crippen molar-refractivity contribution in [3.8, 4) is 5.75 Å². The van der Waals surface area contributed by atoms with Gasteiger partial charge in [-0.1, -0.05) is 48.0 Å². The van der Waals surface area contributed by atoms with E-state index >= 15 is 0 Å². The van der Waals surface area contributed by atoms with E-state index in [2.05, 4.69) is 5.32 Å². The van der Waals surface area contributed by atoms with Crippen LogP contribution in [-0.2, 0) is 6.61 Å². The number of hydrogen-bond acceptors (Lipinski definition) is 2. The predicted molar refractivity (Wildman–Crippen MR) is 96.6 cm³/mol. The second-order valence-corrected chi connectivity index (χ2v) is 5.78. The van der Waals surface area contributed by atoms with Crippen molar-refractivity contribution in [2.75, 3.05) is 5.32 Å². The molecule has 0 spiro atoms. The van der Waals surface area contributed by atoms with Gasteiger partial charge in [0.15, 0.2) is 0 Å². The van der Waals surface area contributed by atoms with Crippen molar-refractivity contribution >= 4 is 23.2 Å². The van der Waals surface area contributed by atoms with Gasteiger partial charge in [-0.25, -0.2) is 4.39 Å². The van der Waals surface area contributed by atoms with Crippen molar-refractivity contribution in [3.63, 3.8) is 0 Å². The number of ether oxygens (including phenoxy) is 1. The van der Waals surface area contributed by atoms with Crippen molar-refractivity contribution < 1.29 is 13.9 Å². The molecular weight excluding hydrogens is 341 g/mol. The molecule has 0 radical (unpaired) electrons. The lowest BCUT2D eigenvalue weighted by Gasteiger charge is -2.12. The predicted octanol–water partition coefficient (Wildman–Crippen LogP) is 5.31. The van der Waals surface area contributed by atoms with Crippen LogP contribution in [0.4, 0.5) is 10.1 Å². The maximum absolute atomic E-state index is 13.7. The minimum Gasteiger partial charge on any atom is -0.488 e. The average molecular weight is 356 g/mol. The maximum Gasteiger partial charge on any atom is 0.259 e. The highest BCUT2D eigenvalue weighted by molar-refractivity contribution is 6.30. The van der Waals surface area contributed by atoms with Crippen LogP contribution >= 0.6 is 11.6 Å². The largest absolute Gasteiger partial charge is 0.488 e. The summed E-state index contributed by atoms with van der Waals surface area (Å²) in [6, 6.07) is 20.1. The van der Waals surface area contributed by atoms with Crippen LogP contribution in [0.1, 0.15) is 15.9 Å². The Balaban J connectivity index is 1.75. The van der Waals surface area contributed by atoms with E-state index in [4.69, 9.17) is 16.3 Å². The van der Waals surface area contributed by atoms with Gasteiger partial charge in [0.05, 0.1) is 11.3 Å². The van der Waals surface area contributed by atoms with Gasteiger partial charge in [-0.3, -0.25) is 4.79 Å². The Kier molecular flexibility index (Phi) is 5.31. The third kappa shape index (κ3) is 4.37.